The molecule has 0 bridgehead atoms. The maximum absolute atomic E-state index is 11.6. The zero-order valence-corrected chi connectivity index (χ0v) is 11.5. The average molecular weight is 276 g/mol. The monoisotopic (exact) mass is 275 g/mol. The molecule has 2 aromatic carbocycles. The van der Waals surface area contributed by atoms with Crippen LogP contribution in [0.3, 0.4) is 0 Å². The summed E-state index contributed by atoms with van der Waals surface area (Å²) >= 11 is 6.29. The van der Waals surface area contributed by atoms with Gasteiger partial charge in [-0.2, -0.15) is 0 Å². The van der Waals surface area contributed by atoms with Gasteiger partial charge in [0.2, 0.25) is 0 Å². The van der Waals surface area contributed by atoms with Gasteiger partial charge >= 0.3 is 5.97 Å². The Morgan fingerprint density at radius 1 is 1.21 bits per heavy atom. The number of hydrogen-bond donors (Lipinski definition) is 1. The van der Waals surface area contributed by atoms with E-state index in [0.717, 1.165) is 16.7 Å². The van der Waals surface area contributed by atoms with Crippen LogP contribution in [0.4, 0.5) is 5.69 Å². The third-order valence-electron chi connectivity index (χ3n) is 2.96. The number of nitrogens with two attached hydrogens (primary N) is 1. The van der Waals surface area contributed by atoms with Crippen molar-refractivity contribution in [3.63, 3.8) is 0 Å². The molecule has 0 aliphatic carbocycles. The van der Waals surface area contributed by atoms with Crippen LogP contribution in [0.5, 0.6) is 0 Å². The summed E-state index contributed by atoms with van der Waals surface area (Å²) < 4.78 is 4.71. The SMILES string of the molecule is COC(=O)c1ccc(N)c(-c2cccc(C)c2Cl)c1. The van der Waals surface area contributed by atoms with Crippen molar-refractivity contribution >= 4 is 23.3 Å². The van der Waals surface area contributed by atoms with Crippen molar-refractivity contribution in [1.29, 1.82) is 0 Å². The molecule has 0 unspecified atom stereocenters. The van der Waals surface area contributed by atoms with E-state index >= 15 is 0 Å². The van der Waals surface area contributed by atoms with Crippen molar-refractivity contribution in [2.75, 3.05) is 12.8 Å². The molecule has 0 fully saturated rings. The Labute approximate surface area is 117 Å². The van der Waals surface area contributed by atoms with Crippen molar-refractivity contribution in [2.45, 2.75) is 6.92 Å². The molecule has 2 aromatic rings. The number of benzene rings is 2. The molecule has 0 aliphatic heterocycles. The second-order valence-corrected chi connectivity index (χ2v) is 4.61. The first kappa shape index (κ1) is 13.4. The van der Waals surface area contributed by atoms with E-state index < -0.39 is 5.97 Å². The lowest BCUT2D eigenvalue weighted by Crippen LogP contribution is -2.02. The number of carbonyl (C=O) groups is 1. The highest BCUT2D eigenvalue weighted by molar-refractivity contribution is 6.34. The summed E-state index contributed by atoms with van der Waals surface area (Å²) in [5, 5.41) is 0.635. The Morgan fingerprint density at radius 3 is 2.63 bits per heavy atom. The van der Waals surface area contributed by atoms with E-state index in [0.29, 0.717) is 16.3 Å². The number of nitrogen functional groups attached to an aromatic ring is 1. The van der Waals surface area contributed by atoms with Gasteiger partial charge in [0, 0.05) is 16.8 Å². The fourth-order valence-electron chi connectivity index (χ4n) is 1.89. The first-order valence-electron chi connectivity index (χ1n) is 5.78. The van der Waals surface area contributed by atoms with E-state index in [4.69, 9.17) is 22.1 Å². The van der Waals surface area contributed by atoms with Crippen molar-refractivity contribution < 1.29 is 9.53 Å². The Balaban J connectivity index is 2.61. The van der Waals surface area contributed by atoms with Gasteiger partial charge in [0.15, 0.2) is 0 Å². The molecular formula is C15H14ClNO2. The van der Waals surface area contributed by atoms with Crippen LogP contribution in [0.1, 0.15) is 15.9 Å². The molecule has 2 N–H and O–H groups in total. The third kappa shape index (κ3) is 2.56. The second-order valence-electron chi connectivity index (χ2n) is 4.23. The molecule has 0 atom stereocenters. The predicted octanol–water partition coefficient (Wildman–Crippen LogP) is 3.68. The van der Waals surface area contributed by atoms with E-state index in [1.54, 1.807) is 18.2 Å². The highest BCUT2D eigenvalue weighted by atomic mass is 35.5. The molecule has 2 rings (SSSR count). The molecule has 0 amide bonds. The van der Waals surface area contributed by atoms with E-state index in [1.165, 1.54) is 7.11 Å². The minimum atomic E-state index is -0.398. The molecule has 4 heteroatoms. The molecule has 0 aliphatic rings. The predicted molar refractivity (Wildman–Crippen MR) is 77.4 cm³/mol. The van der Waals surface area contributed by atoms with Gasteiger partial charge in [0.25, 0.3) is 0 Å². The highest BCUT2D eigenvalue weighted by Crippen LogP contribution is 2.34. The van der Waals surface area contributed by atoms with Gasteiger partial charge in [0.1, 0.15) is 0 Å². The molecule has 0 spiro atoms. The molecule has 0 saturated heterocycles. The fraction of sp³-hybridized carbons (Fsp3) is 0.133. The number of hydrogen-bond acceptors (Lipinski definition) is 3. The maximum Gasteiger partial charge on any atom is 0.337 e. The van der Waals surface area contributed by atoms with Crippen LogP contribution in [0.15, 0.2) is 36.4 Å². The maximum atomic E-state index is 11.6. The standard InChI is InChI=1S/C15H14ClNO2/c1-9-4-3-5-11(14(9)16)12-8-10(15(18)19-2)6-7-13(12)17/h3-8H,17H2,1-2H3. The van der Waals surface area contributed by atoms with Gasteiger partial charge in [-0.25, -0.2) is 4.79 Å². The normalized spacial score (nSPS) is 10.3. The molecule has 98 valence electrons. The first-order valence-corrected chi connectivity index (χ1v) is 6.15. The number of carbonyl (C=O) groups excluding carboxylic acids is 1. The van der Waals surface area contributed by atoms with Crippen molar-refractivity contribution in [3.8, 4) is 11.1 Å². The van der Waals surface area contributed by atoms with E-state index in [1.807, 2.05) is 25.1 Å². The largest absolute Gasteiger partial charge is 0.465 e. The lowest BCUT2D eigenvalue weighted by atomic mass is 9.99. The Kier molecular flexibility index (Phi) is 3.76. The summed E-state index contributed by atoms with van der Waals surface area (Å²) in [5.41, 5.74) is 9.49. The van der Waals surface area contributed by atoms with Crippen LogP contribution in [0.25, 0.3) is 11.1 Å². The van der Waals surface area contributed by atoms with E-state index in [-0.39, 0.29) is 0 Å². The number of esters is 1. The molecule has 0 heterocycles. The van der Waals surface area contributed by atoms with Crippen LogP contribution in [0.2, 0.25) is 5.02 Å². The highest BCUT2D eigenvalue weighted by Gasteiger charge is 2.12. The van der Waals surface area contributed by atoms with E-state index in [9.17, 15) is 4.79 Å². The number of methoxy groups -OCH3 is 1. The Morgan fingerprint density at radius 2 is 1.95 bits per heavy atom. The van der Waals surface area contributed by atoms with Crippen molar-refractivity contribution in [2.24, 2.45) is 0 Å². The number of aryl methyl sites for hydroxylation is 1. The summed E-state index contributed by atoms with van der Waals surface area (Å²) in [4.78, 5) is 11.6. The topological polar surface area (TPSA) is 52.3 Å². The fourth-order valence-corrected chi connectivity index (χ4v) is 2.12. The summed E-state index contributed by atoms with van der Waals surface area (Å²) in [5.74, 6) is -0.398. The first-order chi connectivity index (χ1) is 9.04. The minimum Gasteiger partial charge on any atom is -0.465 e. The van der Waals surface area contributed by atoms with Crippen LogP contribution in [-0.2, 0) is 4.74 Å². The number of halogens is 1. The summed E-state index contributed by atoms with van der Waals surface area (Å²) in [6.45, 7) is 1.92. The second kappa shape index (κ2) is 5.33. The molecule has 3 nitrogen and oxygen atoms in total. The lowest BCUT2D eigenvalue weighted by molar-refractivity contribution is 0.0601. The van der Waals surface area contributed by atoms with Crippen LogP contribution in [-0.4, -0.2) is 13.1 Å². The molecular weight excluding hydrogens is 262 g/mol. The Bertz CT molecular complexity index is 638. The number of ether oxygens (including phenoxy) is 1. The van der Waals surface area contributed by atoms with Gasteiger partial charge in [-0.15, -0.1) is 0 Å². The Hall–Kier alpha value is -2.00. The number of rotatable bonds is 2. The summed E-state index contributed by atoms with van der Waals surface area (Å²) in [6, 6.07) is 10.7. The smallest absolute Gasteiger partial charge is 0.337 e. The van der Waals surface area contributed by atoms with Gasteiger partial charge in [0.05, 0.1) is 17.7 Å². The van der Waals surface area contributed by atoms with Gasteiger partial charge in [-0.1, -0.05) is 29.8 Å². The lowest BCUT2D eigenvalue weighted by Gasteiger charge is -2.11. The quantitative estimate of drug-likeness (QED) is 0.672. The zero-order valence-electron chi connectivity index (χ0n) is 10.7. The number of anilines is 1. The molecule has 0 aromatic heterocycles. The molecule has 19 heavy (non-hydrogen) atoms. The van der Waals surface area contributed by atoms with E-state index in [2.05, 4.69) is 0 Å². The van der Waals surface area contributed by atoms with Gasteiger partial charge in [-0.3, -0.25) is 0 Å². The minimum absolute atomic E-state index is 0.398. The third-order valence-corrected chi connectivity index (χ3v) is 3.46. The summed E-state index contributed by atoms with van der Waals surface area (Å²) in [6.07, 6.45) is 0. The van der Waals surface area contributed by atoms with Gasteiger partial charge < -0.3 is 10.5 Å². The van der Waals surface area contributed by atoms with Crippen molar-refractivity contribution in [1.82, 2.24) is 0 Å². The van der Waals surface area contributed by atoms with Crippen LogP contribution in [0, 0.1) is 6.92 Å². The van der Waals surface area contributed by atoms with Gasteiger partial charge in [-0.05, 0) is 30.7 Å². The summed E-state index contributed by atoms with van der Waals surface area (Å²) in [7, 11) is 1.35. The van der Waals surface area contributed by atoms with Crippen LogP contribution < -0.4 is 5.73 Å². The molecule has 0 radical (unpaired) electrons. The van der Waals surface area contributed by atoms with Crippen molar-refractivity contribution in [3.05, 3.63) is 52.5 Å². The molecule has 0 saturated carbocycles. The zero-order chi connectivity index (χ0) is 14.0. The average Bonchev–Trinajstić information content (AvgIpc) is 2.42. The van der Waals surface area contributed by atoms with Crippen LogP contribution >= 0.6 is 11.6 Å².